The first-order valence-electron chi connectivity index (χ1n) is 5.68. The van der Waals surface area contributed by atoms with Crippen LogP contribution in [0.25, 0.3) is 0 Å². The predicted octanol–water partition coefficient (Wildman–Crippen LogP) is 1.38. The quantitative estimate of drug-likeness (QED) is 0.631. The van der Waals surface area contributed by atoms with Crippen molar-refractivity contribution in [1.29, 1.82) is 0 Å². The van der Waals surface area contributed by atoms with Crippen molar-refractivity contribution < 1.29 is 22.5 Å². The molecule has 1 N–H and O–H groups in total. The highest BCUT2D eigenvalue weighted by Gasteiger charge is 2.24. The van der Waals surface area contributed by atoms with E-state index in [1.165, 1.54) is 6.92 Å². The molecule has 0 spiro atoms. The number of nitro groups is 1. The molecule has 1 aromatic rings. The Labute approximate surface area is 115 Å². The Morgan fingerprint density at radius 3 is 2.55 bits per heavy atom. The van der Waals surface area contributed by atoms with Gasteiger partial charge in [-0.1, -0.05) is 6.92 Å². The molecule has 0 saturated heterocycles. The minimum absolute atomic E-state index is 0.151. The number of carbonyl (C=O) groups is 1. The van der Waals surface area contributed by atoms with Crippen LogP contribution in [0, 0.1) is 15.9 Å². The fourth-order valence-corrected chi connectivity index (χ4v) is 2.71. The average molecular weight is 304 g/mol. The summed E-state index contributed by atoms with van der Waals surface area (Å²) in [6.45, 7) is 2.95. The van der Waals surface area contributed by atoms with Crippen molar-refractivity contribution >= 4 is 21.5 Å². The Morgan fingerprint density at radius 2 is 2.10 bits per heavy atom. The molecule has 1 rings (SSSR count). The van der Waals surface area contributed by atoms with Gasteiger partial charge in [-0.2, -0.15) is 4.39 Å². The Kier molecular flexibility index (Phi) is 4.90. The van der Waals surface area contributed by atoms with Gasteiger partial charge in [0.2, 0.25) is 15.8 Å². The number of nitrogens with one attached hydrogen (secondary N) is 1. The van der Waals surface area contributed by atoms with E-state index in [4.69, 9.17) is 0 Å². The van der Waals surface area contributed by atoms with Crippen molar-refractivity contribution in [2.24, 2.45) is 0 Å². The molecule has 0 aromatic heterocycles. The standard InChI is InChI=1S/C11H13FN2O5S/c1-3-11(15)7(2)13-20(18,19)8-4-5-10(14(16)17)9(12)6-8/h4-7,13H,3H2,1-2H3. The smallest absolute Gasteiger partial charge is 0.298 e. The Balaban J connectivity index is 3.08. The van der Waals surface area contributed by atoms with Gasteiger partial charge in [-0.15, -0.1) is 0 Å². The predicted molar refractivity (Wildman–Crippen MR) is 68.1 cm³/mol. The fraction of sp³-hybridized carbons (Fsp3) is 0.364. The van der Waals surface area contributed by atoms with Crippen LogP contribution < -0.4 is 4.72 Å². The zero-order valence-electron chi connectivity index (χ0n) is 10.8. The summed E-state index contributed by atoms with van der Waals surface area (Å²) in [5.41, 5.74) is -0.818. The van der Waals surface area contributed by atoms with Crippen LogP contribution in [0.4, 0.5) is 10.1 Å². The lowest BCUT2D eigenvalue weighted by Crippen LogP contribution is -2.38. The number of carbonyl (C=O) groups excluding carboxylic acids is 1. The molecule has 1 atom stereocenters. The third kappa shape index (κ3) is 3.58. The largest absolute Gasteiger partial charge is 0.304 e. The van der Waals surface area contributed by atoms with E-state index < -0.39 is 37.4 Å². The number of hydrogen-bond acceptors (Lipinski definition) is 5. The van der Waals surface area contributed by atoms with Crippen molar-refractivity contribution in [2.45, 2.75) is 31.2 Å². The zero-order valence-corrected chi connectivity index (χ0v) is 11.6. The maximum atomic E-state index is 13.4. The lowest BCUT2D eigenvalue weighted by atomic mass is 10.2. The number of ketones is 1. The highest BCUT2D eigenvalue weighted by Crippen LogP contribution is 2.20. The summed E-state index contributed by atoms with van der Waals surface area (Å²) >= 11 is 0. The summed E-state index contributed by atoms with van der Waals surface area (Å²) < 4.78 is 39.3. The second-order valence-electron chi connectivity index (χ2n) is 4.03. The normalized spacial score (nSPS) is 12.9. The van der Waals surface area contributed by atoms with Gasteiger partial charge in [0, 0.05) is 18.6 Å². The van der Waals surface area contributed by atoms with Gasteiger partial charge >= 0.3 is 5.69 Å². The molecule has 0 fully saturated rings. The molecule has 7 nitrogen and oxygen atoms in total. The molecule has 0 heterocycles. The number of halogens is 1. The number of sulfonamides is 1. The SMILES string of the molecule is CCC(=O)C(C)NS(=O)(=O)c1ccc([N+](=O)[O-])c(F)c1. The molecular formula is C11H13FN2O5S. The third-order valence-electron chi connectivity index (χ3n) is 2.59. The molecule has 1 aromatic carbocycles. The van der Waals surface area contributed by atoms with E-state index in [1.54, 1.807) is 6.92 Å². The molecule has 20 heavy (non-hydrogen) atoms. The molecule has 110 valence electrons. The highest BCUT2D eigenvalue weighted by molar-refractivity contribution is 7.89. The van der Waals surface area contributed by atoms with Crippen molar-refractivity contribution in [3.8, 4) is 0 Å². The lowest BCUT2D eigenvalue weighted by molar-refractivity contribution is -0.387. The first-order chi connectivity index (χ1) is 9.19. The Bertz CT molecular complexity index is 644. The summed E-state index contributed by atoms with van der Waals surface area (Å²) in [5, 5.41) is 10.4. The van der Waals surface area contributed by atoms with Crippen LogP contribution in [0.1, 0.15) is 20.3 Å². The summed E-state index contributed by atoms with van der Waals surface area (Å²) in [6, 6.07) is 1.26. The molecule has 0 aliphatic heterocycles. The van der Waals surface area contributed by atoms with Gasteiger partial charge in [0.05, 0.1) is 15.9 Å². The van der Waals surface area contributed by atoms with Gasteiger partial charge in [-0.25, -0.2) is 13.1 Å². The highest BCUT2D eigenvalue weighted by atomic mass is 32.2. The minimum Gasteiger partial charge on any atom is -0.298 e. The molecular weight excluding hydrogens is 291 g/mol. The maximum absolute atomic E-state index is 13.4. The first kappa shape index (κ1) is 16.2. The molecule has 0 aliphatic carbocycles. The number of rotatable bonds is 6. The lowest BCUT2D eigenvalue weighted by Gasteiger charge is -2.12. The van der Waals surface area contributed by atoms with E-state index in [1.807, 2.05) is 0 Å². The molecule has 0 bridgehead atoms. The van der Waals surface area contributed by atoms with Crippen molar-refractivity contribution in [2.75, 3.05) is 0 Å². The number of hydrogen-bond donors (Lipinski definition) is 1. The number of nitro benzene ring substituents is 1. The van der Waals surface area contributed by atoms with Crippen LogP contribution in [0.15, 0.2) is 23.1 Å². The van der Waals surface area contributed by atoms with Crippen LogP contribution >= 0.6 is 0 Å². The van der Waals surface area contributed by atoms with Crippen LogP contribution in [0.3, 0.4) is 0 Å². The minimum atomic E-state index is -4.11. The Morgan fingerprint density at radius 1 is 1.50 bits per heavy atom. The molecule has 9 heteroatoms. The summed E-state index contributed by atoms with van der Waals surface area (Å²) in [4.78, 5) is 20.4. The van der Waals surface area contributed by atoms with Gasteiger partial charge in [0.1, 0.15) is 5.78 Å². The number of benzene rings is 1. The monoisotopic (exact) mass is 304 g/mol. The first-order valence-corrected chi connectivity index (χ1v) is 7.16. The second kappa shape index (κ2) is 6.06. The summed E-state index contributed by atoms with van der Waals surface area (Å²) in [5.74, 6) is -1.58. The van der Waals surface area contributed by atoms with Crippen LogP contribution in [0.5, 0.6) is 0 Å². The summed E-state index contributed by atoms with van der Waals surface area (Å²) in [7, 11) is -4.11. The van der Waals surface area contributed by atoms with E-state index in [-0.39, 0.29) is 12.2 Å². The van der Waals surface area contributed by atoms with Crippen molar-refractivity contribution in [1.82, 2.24) is 4.72 Å². The number of Topliss-reactive ketones (excluding diaryl/α,β-unsaturated/α-hetero) is 1. The van der Waals surface area contributed by atoms with Crippen molar-refractivity contribution in [3.63, 3.8) is 0 Å². The second-order valence-corrected chi connectivity index (χ2v) is 5.75. The average Bonchev–Trinajstić information content (AvgIpc) is 2.36. The fourth-order valence-electron chi connectivity index (χ4n) is 1.48. The maximum Gasteiger partial charge on any atom is 0.304 e. The van der Waals surface area contributed by atoms with Gasteiger partial charge < -0.3 is 0 Å². The third-order valence-corrected chi connectivity index (χ3v) is 4.13. The van der Waals surface area contributed by atoms with E-state index in [0.717, 1.165) is 12.1 Å². The van der Waals surface area contributed by atoms with E-state index in [9.17, 15) is 27.7 Å². The zero-order chi connectivity index (χ0) is 15.5. The van der Waals surface area contributed by atoms with E-state index >= 15 is 0 Å². The van der Waals surface area contributed by atoms with Crippen LogP contribution in [-0.4, -0.2) is 25.2 Å². The Hall–Kier alpha value is -1.87. The van der Waals surface area contributed by atoms with Gasteiger partial charge in [0.15, 0.2) is 0 Å². The molecule has 0 saturated carbocycles. The van der Waals surface area contributed by atoms with Gasteiger partial charge in [0.25, 0.3) is 0 Å². The topological polar surface area (TPSA) is 106 Å². The van der Waals surface area contributed by atoms with Crippen LogP contribution in [-0.2, 0) is 14.8 Å². The van der Waals surface area contributed by atoms with Crippen molar-refractivity contribution in [3.05, 3.63) is 34.1 Å². The van der Waals surface area contributed by atoms with Crippen LogP contribution in [0.2, 0.25) is 0 Å². The number of nitrogens with zero attached hydrogens (tertiary/aromatic N) is 1. The molecule has 0 radical (unpaired) electrons. The molecule has 0 amide bonds. The van der Waals surface area contributed by atoms with Gasteiger partial charge in [-0.05, 0) is 13.0 Å². The molecule has 0 aliphatic rings. The van der Waals surface area contributed by atoms with Gasteiger partial charge in [-0.3, -0.25) is 14.9 Å². The van der Waals surface area contributed by atoms with E-state index in [0.29, 0.717) is 6.07 Å². The van der Waals surface area contributed by atoms with E-state index in [2.05, 4.69) is 4.72 Å². The summed E-state index contributed by atoms with van der Waals surface area (Å²) in [6.07, 6.45) is 0.151. The molecule has 1 unspecified atom stereocenters.